The van der Waals surface area contributed by atoms with Crippen LogP contribution in [0.1, 0.15) is 63.5 Å². The molecular formula is C21H29FN2. The molecule has 1 atom stereocenters. The molecule has 0 aliphatic rings. The van der Waals surface area contributed by atoms with Gasteiger partial charge in [-0.3, -0.25) is 0 Å². The fourth-order valence-corrected chi connectivity index (χ4v) is 2.73. The molecule has 1 aromatic carbocycles. The summed E-state index contributed by atoms with van der Waals surface area (Å²) >= 11 is 0. The number of nitrogens with zero attached hydrogens (tertiary/aromatic N) is 2. The Bertz CT molecular complexity index is 578. The van der Waals surface area contributed by atoms with Gasteiger partial charge in [-0.15, -0.1) is 0 Å². The fraction of sp³-hybridized carbons (Fsp3) is 0.524. The van der Waals surface area contributed by atoms with E-state index in [1.54, 1.807) is 0 Å². The molecule has 0 radical (unpaired) electrons. The lowest BCUT2D eigenvalue weighted by molar-refractivity contribution is 0.297. The number of aryl methyl sites for hydroxylation is 2. The van der Waals surface area contributed by atoms with Gasteiger partial charge in [-0.25, -0.2) is 14.4 Å². The summed E-state index contributed by atoms with van der Waals surface area (Å²) < 4.78 is 13.2. The van der Waals surface area contributed by atoms with Crippen molar-refractivity contribution in [1.29, 1.82) is 0 Å². The Kier molecular flexibility index (Phi) is 7.87. The van der Waals surface area contributed by atoms with E-state index in [9.17, 15) is 4.39 Å². The van der Waals surface area contributed by atoms with E-state index in [4.69, 9.17) is 0 Å². The van der Waals surface area contributed by atoms with Crippen LogP contribution in [0.4, 0.5) is 4.39 Å². The molecule has 1 unspecified atom stereocenters. The summed E-state index contributed by atoms with van der Waals surface area (Å²) in [6.45, 7) is 4.10. The zero-order valence-electron chi connectivity index (χ0n) is 15.0. The van der Waals surface area contributed by atoms with E-state index in [0.29, 0.717) is 12.8 Å². The van der Waals surface area contributed by atoms with Crippen molar-refractivity contribution in [2.75, 3.05) is 0 Å². The van der Waals surface area contributed by atoms with E-state index in [0.717, 1.165) is 37.1 Å². The van der Waals surface area contributed by atoms with Crippen molar-refractivity contribution in [3.8, 4) is 11.4 Å². The molecule has 0 saturated carbocycles. The predicted molar refractivity (Wildman–Crippen MR) is 98.8 cm³/mol. The van der Waals surface area contributed by atoms with Crippen molar-refractivity contribution in [3.63, 3.8) is 0 Å². The summed E-state index contributed by atoms with van der Waals surface area (Å²) in [5.41, 5.74) is 3.55. The third-order valence-electron chi connectivity index (χ3n) is 4.41. The van der Waals surface area contributed by atoms with E-state index < -0.39 is 6.17 Å². The third-order valence-corrected chi connectivity index (χ3v) is 4.41. The van der Waals surface area contributed by atoms with Crippen LogP contribution in [0, 0.1) is 0 Å². The summed E-state index contributed by atoms with van der Waals surface area (Å²) in [4.78, 5) is 8.97. The maximum atomic E-state index is 13.2. The van der Waals surface area contributed by atoms with E-state index in [-0.39, 0.29) is 0 Å². The lowest BCUT2D eigenvalue weighted by Crippen LogP contribution is -1.97. The van der Waals surface area contributed by atoms with Gasteiger partial charge in [0.1, 0.15) is 0 Å². The van der Waals surface area contributed by atoms with Gasteiger partial charge < -0.3 is 0 Å². The molecule has 0 spiro atoms. The highest BCUT2D eigenvalue weighted by Crippen LogP contribution is 2.18. The van der Waals surface area contributed by atoms with Crippen LogP contribution in [0.3, 0.4) is 0 Å². The molecule has 0 N–H and O–H groups in total. The molecule has 2 nitrogen and oxygen atoms in total. The molecule has 1 aromatic heterocycles. The van der Waals surface area contributed by atoms with E-state index >= 15 is 0 Å². The van der Waals surface area contributed by atoms with Crippen LogP contribution < -0.4 is 0 Å². The molecule has 130 valence electrons. The Morgan fingerprint density at radius 3 is 2.17 bits per heavy atom. The number of hydrogen-bond acceptors (Lipinski definition) is 2. The highest BCUT2D eigenvalue weighted by Gasteiger charge is 2.04. The summed E-state index contributed by atoms with van der Waals surface area (Å²) in [6, 6.07) is 8.44. The second-order valence-electron chi connectivity index (χ2n) is 6.47. The summed E-state index contributed by atoms with van der Waals surface area (Å²) in [6.07, 6.45) is 11.0. The molecule has 0 saturated heterocycles. The van der Waals surface area contributed by atoms with Crippen LogP contribution in [-0.2, 0) is 12.8 Å². The topological polar surface area (TPSA) is 25.8 Å². The molecule has 24 heavy (non-hydrogen) atoms. The maximum Gasteiger partial charge on any atom is 0.159 e. The first-order valence-corrected chi connectivity index (χ1v) is 9.27. The first-order valence-electron chi connectivity index (χ1n) is 9.27. The standard InChI is InChI=1S/C21H29FN2/c1-3-5-8-18-15-23-21(24-16-18)19-13-11-17(12-14-19)9-6-7-10-20(22)4-2/h11-16,20H,3-10H2,1-2H3. The Morgan fingerprint density at radius 2 is 1.54 bits per heavy atom. The van der Waals surface area contributed by atoms with Gasteiger partial charge in [0, 0.05) is 18.0 Å². The Labute approximate surface area is 145 Å². The van der Waals surface area contributed by atoms with Crippen LogP contribution in [0.2, 0.25) is 0 Å². The largest absolute Gasteiger partial charge is 0.248 e. The minimum atomic E-state index is -0.634. The highest BCUT2D eigenvalue weighted by atomic mass is 19.1. The van der Waals surface area contributed by atoms with Crippen LogP contribution in [0.5, 0.6) is 0 Å². The average Bonchev–Trinajstić information content (AvgIpc) is 2.64. The second-order valence-corrected chi connectivity index (χ2v) is 6.47. The molecule has 0 aliphatic carbocycles. The molecule has 2 rings (SSSR count). The molecule has 0 fully saturated rings. The quantitative estimate of drug-likeness (QED) is 0.504. The van der Waals surface area contributed by atoms with Crippen LogP contribution in [-0.4, -0.2) is 16.1 Å². The summed E-state index contributed by atoms with van der Waals surface area (Å²) in [5.74, 6) is 0.782. The SMILES string of the molecule is CCCCc1cnc(-c2ccc(CCCCC(F)CC)cc2)nc1. The van der Waals surface area contributed by atoms with Crippen LogP contribution in [0.15, 0.2) is 36.7 Å². The number of rotatable bonds is 10. The molecule has 0 aliphatic heterocycles. The number of benzene rings is 1. The van der Waals surface area contributed by atoms with Gasteiger partial charge in [0.05, 0.1) is 6.17 Å². The zero-order chi connectivity index (χ0) is 17.2. The summed E-state index contributed by atoms with van der Waals surface area (Å²) in [7, 11) is 0. The molecular weight excluding hydrogens is 299 g/mol. The number of hydrogen-bond donors (Lipinski definition) is 0. The number of alkyl halides is 1. The minimum absolute atomic E-state index is 0.631. The van der Waals surface area contributed by atoms with Gasteiger partial charge in [-0.1, -0.05) is 51.0 Å². The molecule has 0 amide bonds. The normalized spacial score (nSPS) is 12.3. The molecule has 3 heteroatoms. The first-order chi connectivity index (χ1) is 11.7. The lowest BCUT2D eigenvalue weighted by Gasteiger charge is -2.06. The highest BCUT2D eigenvalue weighted by molar-refractivity contribution is 5.55. The van der Waals surface area contributed by atoms with Gasteiger partial charge in [0.2, 0.25) is 0 Å². The zero-order valence-corrected chi connectivity index (χ0v) is 15.0. The van der Waals surface area contributed by atoms with Crippen molar-refractivity contribution in [1.82, 2.24) is 9.97 Å². The lowest BCUT2D eigenvalue weighted by atomic mass is 10.0. The minimum Gasteiger partial charge on any atom is -0.248 e. The third kappa shape index (κ3) is 6.03. The van der Waals surface area contributed by atoms with Gasteiger partial charge in [0.15, 0.2) is 5.82 Å². The predicted octanol–water partition coefficient (Wildman–Crippen LogP) is 5.95. The first kappa shape index (κ1) is 18.6. The van der Waals surface area contributed by atoms with Crippen LogP contribution in [0.25, 0.3) is 11.4 Å². The van der Waals surface area contributed by atoms with Crippen molar-refractivity contribution in [2.45, 2.75) is 71.4 Å². The van der Waals surface area contributed by atoms with E-state index in [2.05, 4.69) is 41.2 Å². The molecule has 2 aromatic rings. The Balaban J connectivity index is 1.85. The van der Waals surface area contributed by atoms with E-state index in [1.165, 1.54) is 24.0 Å². The fourth-order valence-electron chi connectivity index (χ4n) is 2.73. The van der Waals surface area contributed by atoms with E-state index in [1.807, 2.05) is 19.3 Å². The number of halogens is 1. The molecule has 1 heterocycles. The monoisotopic (exact) mass is 328 g/mol. The van der Waals surface area contributed by atoms with Crippen molar-refractivity contribution >= 4 is 0 Å². The smallest absolute Gasteiger partial charge is 0.159 e. The van der Waals surface area contributed by atoms with Gasteiger partial charge >= 0.3 is 0 Å². The maximum absolute atomic E-state index is 13.2. The van der Waals surface area contributed by atoms with Crippen LogP contribution >= 0.6 is 0 Å². The van der Waals surface area contributed by atoms with Gasteiger partial charge in [-0.05, 0) is 49.7 Å². The number of unbranched alkanes of at least 4 members (excludes halogenated alkanes) is 2. The van der Waals surface area contributed by atoms with Crippen molar-refractivity contribution in [2.24, 2.45) is 0 Å². The molecule has 0 bridgehead atoms. The van der Waals surface area contributed by atoms with Gasteiger partial charge in [0.25, 0.3) is 0 Å². The van der Waals surface area contributed by atoms with Crippen molar-refractivity contribution in [3.05, 3.63) is 47.8 Å². The summed E-state index contributed by atoms with van der Waals surface area (Å²) in [5, 5.41) is 0. The Morgan fingerprint density at radius 1 is 0.875 bits per heavy atom. The second kappa shape index (κ2) is 10.2. The Hall–Kier alpha value is -1.77. The van der Waals surface area contributed by atoms with Crippen molar-refractivity contribution < 1.29 is 4.39 Å². The average molecular weight is 328 g/mol. The van der Waals surface area contributed by atoms with Gasteiger partial charge in [-0.2, -0.15) is 0 Å². The number of aromatic nitrogens is 2.